The number of allylic oxidation sites excluding steroid dienone is 3. The van der Waals surface area contributed by atoms with Crippen LogP contribution in [-0.2, 0) is 4.79 Å². The Morgan fingerprint density at radius 1 is 0.418 bits per heavy atom. The maximum absolute atomic E-state index is 12.4. The van der Waals surface area contributed by atoms with Crippen LogP contribution in [0.3, 0.4) is 0 Å². The Kier molecular flexibility index (Phi) is 46.3. The van der Waals surface area contributed by atoms with E-state index in [0.717, 1.165) is 25.7 Å². The number of rotatable bonds is 46. The Bertz CT molecular complexity index is 795. The van der Waals surface area contributed by atoms with Gasteiger partial charge in [0.1, 0.15) is 0 Å². The van der Waals surface area contributed by atoms with Crippen molar-refractivity contribution in [1.29, 1.82) is 0 Å². The zero-order chi connectivity index (χ0) is 40.0. The molecule has 0 radical (unpaired) electrons. The molecule has 0 bridgehead atoms. The van der Waals surface area contributed by atoms with Crippen molar-refractivity contribution in [3.8, 4) is 0 Å². The largest absolute Gasteiger partial charge is 0.394 e. The van der Waals surface area contributed by atoms with Gasteiger partial charge in [-0.15, -0.1) is 0 Å². The highest BCUT2D eigenvalue weighted by atomic mass is 16.3. The van der Waals surface area contributed by atoms with Crippen LogP contribution in [0, 0.1) is 0 Å². The molecular formula is C51H99NO3. The molecule has 0 aromatic rings. The van der Waals surface area contributed by atoms with E-state index < -0.39 is 12.1 Å². The first kappa shape index (κ1) is 53.9. The van der Waals surface area contributed by atoms with Crippen LogP contribution in [0.25, 0.3) is 0 Å². The molecule has 0 aliphatic heterocycles. The number of amides is 1. The molecule has 0 spiro atoms. The van der Waals surface area contributed by atoms with Crippen LogP contribution in [-0.4, -0.2) is 34.9 Å². The summed E-state index contributed by atoms with van der Waals surface area (Å²) in [6.45, 7) is 4.33. The molecule has 3 N–H and O–H groups in total. The third-order valence-corrected chi connectivity index (χ3v) is 11.7. The van der Waals surface area contributed by atoms with Crippen LogP contribution in [0.15, 0.2) is 24.3 Å². The molecule has 0 fully saturated rings. The third-order valence-electron chi connectivity index (χ3n) is 11.7. The van der Waals surface area contributed by atoms with Crippen molar-refractivity contribution in [2.45, 2.75) is 289 Å². The normalized spacial score (nSPS) is 13.0. The number of unbranched alkanes of at least 4 members (excludes halogenated alkanes) is 37. The quantitative estimate of drug-likeness (QED) is 0.0426. The Balaban J connectivity index is 3.48. The topological polar surface area (TPSA) is 69.6 Å². The summed E-state index contributed by atoms with van der Waals surface area (Å²) in [5, 5.41) is 23.1. The molecule has 2 unspecified atom stereocenters. The summed E-state index contributed by atoms with van der Waals surface area (Å²) in [6, 6.07) is -0.620. The van der Waals surface area contributed by atoms with Crippen LogP contribution in [0.1, 0.15) is 277 Å². The van der Waals surface area contributed by atoms with Gasteiger partial charge in [0, 0.05) is 6.42 Å². The smallest absolute Gasteiger partial charge is 0.220 e. The standard InChI is InChI=1S/C51H99NO3/c1-3-5-7-9-11-13-15-17-19-21-22-23-24-25-26-27-28-29-30-31-33-35-37-39-41-43-45-47-51(55)52-49(48-53)50(54)46-44-42-40-38-36-34-32-20-18-16-14-12-10-8-6-4-2/h25-26,44,46,49-50,53-54H,3-24,27-43,45,47-48H2,1-2H3,(H,52,55)/b26-25-,46-44+. The maximum atomic E-state index is 12.4. The monoisotopic (exact) mass is 774 g/mol. The molecule has 4 nitrogen and oxygen atoms in total. The lowest BCUT2D eigenvalue weighted by Crippen LogP contribution is -2.45. The van der Waals surface area contributed by atoms with Crippen molar-refractivity contribution in [3.05, 3.63) is 24.3 Å². The summed E-state index contributed by atoms with van der Waals surface area (Å²) in [6.07, 6.45) is 61.7. The molecule has 0 aromatic heterocycles. The van der Waals surface area contributed by atoms with Gasteiger partial charge >= 0.3 is 0 Å². The highest BCUT2D eigenvalue weighted by Crippen LogP contribution is 2.16. The van der Waals surface area contributed by atoms with Crippen LogP contribution < -0.4 is 5.32 Å². The highest BCUT2D eigenvalue weighted by Gasteiger charge is 2.18. The van der Waals surface area contributed by atoms with Crippen molar-refractivity contribution in [2.24, 2.45) is 0 Å². The van der Waals surface area contributed by atoms with Gasteiger partial charge in [-0.2, -0.15) is 0 Å². The number of hydrogen-bond acceptors (Lipinski definition) is 3. The third kappa shape index (κ3) is 43.8. The van der Waals surface area contributed by atoms with Crippen LogP contribution >= 0.6 is 0 Å². The fraction of sp³-hybridized carbons (Fsp3) is 0.902. The van der Waals surface area contributed by atoms with Gasteiger partial charge in [0.05, 0.1) is 18.8 Å². The number of carbonyl (C=O) groups excluding carboxylic acids is 1. The van der Waals surface area contributed by atoms with Gasteiger partial charge < -0.3 is 15.5 Å². The van der Waals surface area contributed by atoms with E-state index in [2.05, 4.69) is 31.3 Å². The molecule has 0 aliphatic carbocycles. The number of carbonyl (C=O) groups is 1. The number of aliphatic hydroxyl groups is 2. The van der Waals surface area contributed by atoms with Crippen molar-refractivity contribution in [3.63, 3.8) is 0 Å². The van der Waals surface area contributed by atoms with Gasteiger partial charge in [-0.1, -0.05) is 250 Å². The van der Waals surface area contributed by atoms with E-state index in [1.54, 1.807) is 6.08 Å². The molecule has 2 atom stereocenters. The van der Waals surface area contributed by atoms with E-state index in [4.69, 9.17) is 0 Å². The predicted octanol–water partition coefficient (Wildman–Crippen LogP) is 16.0. The molecule has 1 amide bonds. The molecule has 0 aliphatic rings. The molecule has 55 heavy (non-hydrogen) atoms. The number of hydrogen-bond donors (Lipinski definition) is 3. The van der Waals surface area contributed by atoms with Crippen molar-refractivity contribution >= 4 is 5.91 Å². The summed E-state index contributed by atoms with van der Waals surface area (Å²) in [7, 11) is 0. The lowest BCUT2D eigenvalue weighted by molar-refractivity contribution is -0.123. The predicted molar refractivity (Wildman–Crippen MR) is 244 cm³/mol. The van der Waals surface area contributed by atoms with Crippen LogP contribution in [0.2, 0.25) is 0 Å². The minimum Gasteiger partial charge on any atom is -0.394 e. The molecule has 4 heteroatoms. The molecule has 0 rings (SSSR count). The lowest BCUT2D eigenvalue weighted by Gasteiger charge is -2.20. The second-order valence-electron chi connectivity index (χ2n) is 17.2. The molecule has 326 valence electrons. The summed E-state index contributed by atoms with van der Waals surface area (Å²) in [5.41, 5.74) is 0. The molecule has 0 saturated carbocycles. The van der Waals surface area contributed by atoms with Gasteiger partial charge in [-0.05, 0) is 44.9 Å². The Morgan fingerprint density at radius 3 is 1.00 bits per heavy atom. The summed E-state index contributed by atoms with van der Waals surface area (Å²) >= 11 is 0. The Labute approximate surface area is 345 Å². The summed E-state index contributed by atoms with van der Waals surface area (Å²) in [5.74, 6) is -0.0615. The first-order valence-corrected chi connectivity index (χ1v) is 25.1. The van der Waals surface area contributed by atoms with Crippen molar-refractivity contribution in [1.82, 2.24) is 5.32 Å². The van der Waals surface area contributed by atoms with Crippen LogP contribution in [0.4, 0.5) is 0 Å². The van der Waals surface area contributed by atoms with E-state index in [1.165, 1.54) is 231 Å². The van der Waals surface area contributed by atoms with Crippen LogP contribution in [0.5, 0.6) is 0 Å². The number of aliphatic hydroxyl groups excluding tert-OH is 2. The Morgan fingerprint density at radius 2 is 0.691 bits per heavy atom. The second kappa shape index (κ2) is 47.2. The van der Waals surface area contributed by atoms with Gasteiger partial charge in [0.2, 0.25) is 5.91 Å². The van der Waals surface area contributed by atoms with E-state index in [9.17, 15) is 15.0 Å². The average molecular weight is 774 g/mol. The van der Waals surface area contributed by atoms with Gasteiger partial charge in [-0.3, -0.25) is 4.79 Å². The maximum Gasteiger partial charge on any atom is 0.220 e. The molecule has 0 heterocycles. The minimum absolute atomic E-state index is 0.0615. The fourth-order valence-corrected chi connectivity index (χ4v) is 7.82. The summed E-state index contributed by atoms with van der Waals surface area (Å²) in [4.78, 5) is 12.4. The molecule has 0 saturated heterocycles. The zero-order valence-electron chi connectivity index (χ0n) is 37.5. The Hall–Kier alpha value is -1.13. The van der Waals surface area contributed by atoms with Gasteiger partial charge in [0.25, 0.3) is 0 Å². The second-order valence-corrected chi connectivity index (χ2v) is 17.2. The first-order valence-electron chi connectivity index (χ1n) is 25.1. The zero-order valence-corrected chi connectivity index (χ0v) is 37.5. The van der Waals surface area contributed by atoms with Crippen molar-refractivity contribution < 1.29 is 15.0 Å². The highest BCUT2D eigenvalue weighted by molar-refractivity contribution is 5.76. The van der Waals surface area contributed by atoms with E-state index in [1.807, 2.05) is 6.08 Å². The van der Waals surface area contributed by atoms with E-state index in [0.29, 0.717) is 6.42 Å². The fourth-order valence-electron chi connectivity index (χ4n) is 7.82. The van der Waals surface area contributed by atoms with E-state index in [-0.39, 0.29) is 12.5 Å². The lowest BCUT2D eigenvalue weighted by atomic mass is 10.0. The van der Waals surface area contributed by atoms with Crippen molar-refractivity contribution in [2.75, 3.05) is 6.61 Å². The van der Waals surface area contributed by atoms with Gasteiger partial charge in [-0.25, -0.2) is 0 Å². The average Bonchev–Trinajstić information content (AvgIpc) is 3.19. The minimum atomic E-state index is -0.837. The molecular weight excluding hydrogens is 675 g/mol. The van der Waals surface area contributed by atoms with E-state index >= 15 is 0 Å². The van der Waals surface area contributed by atoms with Gasteiger partial charge in [0.15, 0.2) is 0 Å². The number of nitrogens with one attached hydrogen (secondary N) is 1. The summed E-state index contributed by atoms with van der Waals surface area (Å²) < 4.78 is 0. The molecule has 0 aromatic carbocycles. The SMILES string of the molecule is CCCCCCCCCCCCCC/C=C\CCCCCCCCCCCCCC(=O)NC(CO)C(O)/C=C/CCCCCCCCCCCCCCCC. The first-order chi connectivity index (χ1) is 27.2.